The largest absolute Gasteiger partial charge is 0.417 e. The Hall–Kier alpha value is -2.08. The van der Waals surface area contributed by atoms with Gasteiger partial charge in [-0.3, -0.25) is 0 Å². The third-order valence-electron chi connectivity index (χ3n) is 3.03. The maximum Gasteiger partial charge on any atom is 0.417 e. The number of benzene rings is 2. The third-order valence-corrected chi connectivity index (χ3v) is 4.05. The molecule has 0 amide bonds. The van der Waals surface area contributed by atoms with Crippen molar-refractivity contribution in [3.8, 4) is 0 Å². The maximum absolute atomic E-state index is 13.1. The first kappa shape index (κ1) is 13.9. The van der Waals surface area contributed by atoms with Gasteiger partial charge in [0.25, 0.3) is 0 Å². The molecule has 2 nitrogen and oxygen atoms in total. The highest BCUT2D eigenvalue weighted by Crippen LogP contribution is 2.40. The Bertz CT molecular complexity index is 760. The van der Waals surface area contributed by atoms with E-state index in [1.165, 1.54) is 12.1 Å². The zero-order valence-electron chi connectivity index (χ0n) is 10.7. The number of alkyl halides is 3. The lowest BCUT2D eigenvalue weighted by atomic mass is 10.2. The van der Waals surface area contributed by atoms with Gasteiger partial charge in [0.15, 0.2) is 0 Å². The van der Waals surface area contributed by atoms with Gasteiger partial charge in [-0.2, -0.15) is 13.2 Å². The Morgan fingerprint density at radius 3 is 2.48 bits per heavy atom. The number of nitrogens with two attached hydrogens (primary N) is 1. The second-order valence-corrected chi connectivity index (χ2v) is 5.66. The molecule has 0 unspecified atom stereocenters. The highest BCUT2D eigenvalue weighted by atomic mass is 32.2. The first-order valence-electron chi connectivity index (χ1n) is 6.16. The normalized spacial score (nSPS) is 12.0. The van der Waals surface area contributed by atoms with Gasteiger partial charge in [0, 0.05) is 21.5 Å². The first-order chi connectivity index (χ1) is 9.93. The van der Waals surface area contributed by atoms with Crippen molar-refractivity contribution in [2.45, 2.75) is 16.1 Å². The van der Waals surface area contributed by atoms with Crippen LogP contribution in [0.3, 0.4) is 0 Å². The Morgan fingerprint density at radius 2 is 1.76 bits per heavy atom. The van der Waals surface area contributed by atoms with Crippen molar-refractivity contribution in [1.29, 1.82) is 0 Å². The molecule has 0 aliphatic carbocycles. The monoisotopic (exact) mass is 308 g/mol. The molecule has 0 bridgehead atoms. The lowest BCUT2D eigenvalue weighted by Crippen LogP contribution is -2.07. The number of nitrogen functional groups attached to an aromatic ring is 1. The summed E-state index contributed by atoms with van der Waals surface area (Å²) in [5.74, 6) is 0. The number of hydrogen-bond donors (Lipinski definition) is 2. The van der Waals surface area contributed by atoms with E-state index < -0.39 is 11.7 Å². The Morgan fingerprint density at radius 1 is 1.00 bits per heavy atom. The van der Waals surface area contributed by atoms with Gasteiger partial charge in [-0.05, 0) is 30.3 Å². The minimum absolute atomic E-state index is 0.100. The number of anilines is 1. The molecule has 0 atom stereocenters. The van der Waals surface area contributed by atoms with E-state index in [1.807, 2.05) is 30.3 Å². The Labute approximate surface area is 123 Å². The van der Waals surface area contributed by atoms with E-state index in [0.717, 1.165) is 28.7 Å². The third kappa shape index (κ3) is 2.85. The molecular formula is C15H11F3N2S. The summed E-state index contributed by atoms with van der Waals surface area (Å²) in [4.78, 5) is 3.23. The highest BCUT2D eigenvalue weighted by Gasteiger charge is 2.34. The molecule has 0 spiro atoms. The molecule has 0 saturated carbocycles. The molecule has 2 aromatic carbocycles. The summed E-state index contributed by atoms with van der Waals surface area (Å²) in [7, 11) is 0. The second-order valence-electron chi connectivity index (χ2n) is 4.58. The van der Waals surface area contributed by atoms with Crippen LogP contribution in [0.2, 0.25) is 0 Å². The number of hydrogen-bond acceptors (Lipinski definition) is 2. The van der Waals surface area contributed by atoms with Gasteiger partial charge in [0.1, 0.15) is 0 Å². The minimum atomic E-state index is -4.43. The number of halogens is 3. The summed E-state index contributed by atoms with van der Waals surface area (Å²) in [5.41, 5.74) is 5.74. The van der Waals surface area contributed by atoms with E-state index in [0.29, 0.717) is 5.03 Å². The second kappa shape index (κ2) is 5.04. The zero-order valence-corrected chi connectivity index (χ0v) is 11.6. The summed E-state index contributed by atoms with van der Waals surface area (Å²) < 4.78 is 39.2. The molecule has 1 heterocycles. The van der Waals surface area contributed by atoms with Crippen molar-refractivity contribution >= 4 is 28.4 Å². The minimum Gasteiger partial charge on any atom is -0.399 e. The van der Waals surface area contributed by atoms with Gasteiger partial charge < -0.3 is 10.7 Å². The number of aromatic nitrogens is 1. The fourth-order valence-electron chi connectivity index (χ4n) is 2.08. The van der Waals surface area contributed by atoms with Crippen molar-refractivity contribution in [3.05, 3.63) is 54.1 Å². The molecule has 1 aromatic heterocycles. The van der Waals surface area contributed by atoms with Crippen LogP contribution < -0.4 is 5.73 Å². The standard InChI is InChI=1S/C15H11F3N2S/c16-15(17,18)11-8-10(19)5-6-13(11)21-14-7-9-3-1-2-4-12(9)20-14/h1-8,20H,19H2. The quantitative estimate of drug-likeness (QED) is 0.660. The summed E-state index contributed by atoms with van der Waals surface area (Å²) in [6, 6.07) is 13.2. The topological polar surface area (TPSA) is 41.8 Å². The van der Waals surface area contributed by atoms with Crippen molar-refractivity contribution < 1.29 is 13.2 Å². The molecule has 0 aliphatic heterocycles. The van der Waals surface area contributed by atoms with E-state index in [2.05, 4.69) is 4.98 Å². The van der Waals surface area contributed by atoms with Crippen LogP contribution in [0.4, 0.5) is 18.9 Å². The fraction of sp³-hybridized carbons (Fsp3) is 0.0667. The molecule has 6 heteroatoms. The van der Waals surface area contributed by atoms with Crippen LogP contribution in [0.1, 0.15) is 5.56 Å². The van der Waals surface area contributed by atoms with Crippen LogP contribution in [0.5, 0.6) is 0 Å². The van der Waals surface area contributed by atoms with Crippen LogP contribution >= 0.6 is 11.8 Å². The van der Waals surface area contributed by atoms with Gasteiger partial charge in [-0.25, -0.2) is 0 Å². The van der Waals surface area contributed by atoms with E-state index >= 15 is 0 Å². The molecule has 21 heavy (non-hydrogen) atoms. The zero-order chi connectivity index (χ0) is 15.0. The molecule has 3 rings (SSSR count). The molecule has 0 aliphatic rings. The number of aromatic amines is 1. The van der Waals surface area contributed by atoms with Crippen LogP contribution in [-0.4, -0.2) is 4.98 Å². The predicted molar refractivity (Wildman–Crippen MR) is 78.3 cm³/mol. The van der Waals surface area contributed by atoms with Gasteiger partial charge >= 0.3 is 6.18 Å². The van der Waals surface area contributed by atoms with E-state index in [4.69, 9.17) is 5.73 Å². The van der Waals surface area contributed by atoms with Crippen molar-refractivity contribution in [1.82, 2.24) is 4.98 Å². The van der Waals surface area contributed by atoms with Gasteiger partial charge in [0.05, 0.1) is 10.6 Å². The molecule has 0 saturated heterocycles. The van der Waals surface area contributed by atoms with Crippen LogP contribution in [0.25, 0.3) is 10.9 Å². The lowest BCUT2D eigenvalue weighted by Gasteiger charge is -2.12. The summed E-state index contributed by atoms with van der Waals surface area (Å²) >= 11 is 1.04. The number of fused-ring (bicyclic) bond motifs is 1. The number of nitrogens with one attached hydrogen (secondary N) is 1. The van der Waals surface area contributed by atoms with Crippen molar-refractivity contribution in [2.24, 2.45) is 0 Å². The average Bonchev–Trinajstić information content (AvgIpc) is 2.82. The Balaban J connectivity index is 2.01. The number of H-pyrrole nitrogens is 1. The van der Waals surface area contributed by atoms with Gasteiger partial charge in [0.2, 0.25) is 0 Å². The first-order valence-corrected chi connectivity index (χ1v) is 6.97. The summed E-state index contributed by atoms with van der Waals surface area (Å²) in [6.07, 6.45) is -4.43. The number of para-hydroxylation sites is 1. The van der Waals surface area contributed by atoms with Crippen LogP contribution in [-0.2, 0) is 6.18 Å². The average molecular weight is 308 g/mol. The molecular weight excluding hydrogens is 297 g/mol. The van der Waals surface area contributed by atoms with E-state index in [1.54, 1.807) is 0 Å². The maximum atomic E-state index is 13.1. The van der Waals surface area contributed by atoms with E-state index in [9.17, 15) is 13.2 Å². The van der Waals surface area contributed by atoms with Crippen molar-refractivity contribution in [3.63, 3.8) is 0 Å². The fourth-order valence-corrected chi connectivity index (χ4v) is 3.08. The molecule has 0 radical (unpaired) electrons. The number of rotatable bonds is 2. The molecule has 3 N–H and O–H groups in total. The highest BCUT2D eigenvalue weighted by molar-refractivity contribution is 7.99. The van der Waals surface area contributed by atoms with Gasteiger partial charge in [-0.1, -0.05) is 30.0 Å². The summed E-state index contributed by atoms with van der Waals surface area (Å²) in [6.45, 7) is 0. The SMILES string of the molecule is Nc1ccc(Sc2cc3ccccc3[nH]2)c(C(F)(F)F)c1. The van der Waals surface area contributed by atoms with Crippen LogP contribution in [0.15, 0.2) is 58.5 Å². The predicted octanol–water partition coefficient (Wildman–Crippen LogP) is 4.92. The Kier molecular flexibility index (Phi) is 3.33. The van der Waals surface area contributed by atoms with Crippen molar-refractivity contribution in [2.75, 3.05) is 5.73 Å². The molecule has 108 valence electrons. The molecule has 3 aromatic rings. The molecule has 0 fully saturated rings. The van der Waals surface area contributed by atoms with Crippen LogP contribution in [0, 0.1) is 0 Å². The van der Waals surface area contributed by atoms with E-state index in [-0.39, 0.29) is 10.6 Å². The van der Waals surface area contributed by atoms with Gasteiger partial charge in [-0.15, -0.1) is 0 Å². The summed E-state index contributed by atoms with van der Waals surface area (Å²) in [5, 5.41) is 1.62. The smallest absolute Gasteiger partial charge is 0.399 e. The lowest BCUT2D eigenvalue weighted by molar-refractivity contribution is -0.139.